The van der Waals surface area contributed by atoms with Gasteiger partial charge in [-0.2, -0.15) is 0 Å². The summed E-state index contributed by atoms with van der Waals surface area (Å²) in [6, 6.07) is 17.2. The standard InChI is InChI=1S/C26H21FN4O3/c1-33-25-29-15-19(16-30-25)17-4-8-20(9-5-17)26(12-14-34-22-3-2-13-28-23(22)26)31-24(32)18-6-10-21(27)11-7-18/h2-11,13,15-16H,12,14H2,1H3,(H,31,32). The molecular formula is C26H21FN4O3. The Labute approximate surface area is 195 Å². The molecule has 0 saturated heterocycles. The zero-order chi connectivity index (χ0) is 23.5. The molecule has 0 saturated carbocycles. The van der Waals surface area contributed by atoms with Crippen LogP contribution in [-0.4, -0.2) is 34.6 Å². The molecule has 34 heavy (non-hydrogen) atoms. The molecule has 3 heterocycles. The first-order chi connectivity index (χ1) is 16.6. The number of amides is 1. The van der Waals surface area contributed by atoms with Crippen molar-refractivity contribution in [1.29, 1.82) is 0 Å². The zero-order valence-electron chi connectivity index (χ0n) is 18.4. The fourth-order valence-electron chi connectivity index (χ4n) is 4.12. The van der Waals surface area contributed by atoms with Crippen LogP contribution in [-0.2, 0) is 5.54 Å². The Hall–Kier alpha value is -4.33. The molecule has 1 atom stereocenters. The highest BCUT2D eigenvalue weighted by atomic mass is 19.1. The summed E-state index contributed by atoms with van der Waals surface area (Å²) in [6.07, 6.45) is 5.54. The molecule has 2 aromatic heterocycles. The number of nitrogens with one attached hydrogen (secondary N) is 1. The van der Waals surface area contributed by atoms with E-state index in [1.807, 2.05) is 30.3 Å². The Morgan fingerprint density at radius 2 is 1.74 bits per heavy atom. The maximum Gasteiger partial charge on any atom is 0.316 e. The molecule has 0 aliphatic carbocycles. The van der Waals surface area contributed by atoms with Gasteiger partial charge < -0.3 is 14.8 Å². The summed E-state index contributed by atoms with van der Waals surface area (Å²) in [5.41, 5.74) is 2.66. The topological polar surface area (TPSA) is 86.2 Å². The number of halogens is 1. The predicted octanol–water partition coefficient (Wildman–Crippen LogP) is 4.14. The van der Waals surface area contributed by atoms with E-state index in [4.69, 9.17) is 9.47 Å². The van der Waals surface area contributed by atoms with Gasteiger partial charge in [-0.05, 0) is 47.5 Å². The lowest BCUT2D eigenvalue weighted by atomic mass is 9.80. The van der Waals surface area contributed by atoms with Crippen molar-refractivity contribution in [1.82, 2.24) is 20.3 Å². The normalized spacial score (nSPS) is 16.8. The Bertz CT molecular complexity index is 1310. The third kappa shape index (κ3) is 3.94. The van der Waals surface area contributed by atoms with E-state index < -0.39 is 11.4 Å². The number of carbonyl (C=O) groups is 1. The minimum Gasteiger partial charge on any atom is -0.491 e. The first-order valence-electron chi connectivity index (χ1n) is 10.7. The predicted molar refractivity (Wildman–Crippen MR) is 123 cm³/mol. The van der Waals surface area contributed by atoms with Crippen LogP contribution in [0.3, 0.4) is 0 Å². The van der Waals surface area contributed by atoms with Crippen LogP contribution in [0.25, 0.3) is 11.1 Å². The first kappa shape index (κ1) is 21.5. The molecule has 8 heteroatoms. The average Bonchev–Trinajstić information content (AvgIpc) is 2.89. The Balaban J connectivity index is 1.55. The smallest absolute Gasteiger partial charge is 0.316 e. The van der Waals surface area contributed by atoms with Gasteiger partial charge in [-0.25, -0.2) is 14.4 Å². The molecule has 0 radical (unpaired) electrons. The number of rotatable bonds is 5. The maximum atomic E-state index is 13.4. The highest BCUT2D eigenvalue weighted by Crippen LogP contribution is 2.41. The molecule has 5 rings (SSSR count). The monoisotopic (exact) mass is 456 g/mol. The maximum absolute atomic E-state index is 13.4. The summed E-state index contributed by atoms with van der Waals surface area (Å²) >= 11 is 0. The molecular weight excluding hydrogens is 435 g/mol. The van der Waals surface area contributed by atoms with E-state index >= 15 is 0 Å². The van der Waals surface area contributed by atoms with Crippen molar-refractivity contribution in [2.24, 2.45) is 0 Å². The van der Waals surface area contributed by atoms with E-state index in [-0.39, 0.29) is 5.91 Å². The van der Waals surface area contributed by atoms with Crippen LogP contribution in [0.2, 0.25) is 0 Å². The summed E-state index contributed by atoms with van der Waals surface area (Å²) in [5.74, 6) is -0.116. The summed E-state index contributed by atoms with van der Waals surface area (Å²) in [4.78, 5) is 26.1. The van der Waals surface area contributed by atoms with Gasteiger partial charge in [0.1, 0.15) is 22.8 Å². The number of methoxy groups -OCH3 is 1. The Kier molecular flexibility index (Phi) is 5.63. The number of pyridine rings is 1. The van der Waals surface area contributed by atoms with Gasteiger partial charge in [0.2, 0.25) is 0 Å². The molecule has 1 unspecified atom stereocenters. The van der Waals surface area contributed by atoms with E-state index in [2.05, 4.69) is 20.3 Å². The van der Waals surface area contributed by atoms with Gasteiger partial charge in [0.05, 0.1) is 13.7 Å². The largest absolute Gasteiger partial charge is 0.491 e. The van der Waals surface area contributed by atoms with E-state index in [1.54, 1.807) is 24.7 Å². The number of carbonyl (C=O) groups excluding carboxylic acids is 1. The highest BCUT2D eigenvalue weighted by molar-refractivity contribution is 5.95. The van der Waals surface area contributed by atoms with Crippen LogP contribution in [0.5, 0.6) is 11.8 Å². The van der Waals surface area contributed by atoms with E-state index in [9.17, 15) is 9.18 Å². The molecule has 1 aliphatic heterocycles. The highest BCUT2D eigenvalue weighted by Gasteiger charge is 2.42. The van der Waals surface area contributed by atoms with Crippen LogP contribution < -0.4 is 14.8 Å². The molecule has 0 bridgehead atoms. The van der Waals surface area contributed by atoms with Crippen LogP contribution in [0, 0.1) is 5.82 Å². The Morgan fingerprint density at radius 1 is 1.00 bits per heavy atom. The third-order valence-electron chi connectivity index (χ3n) is 5.86. The van der Waals surface area contributed by atoms with Crippen LogP contribution in [0.15, 0.2) is 79.3 Å². The summed E-state index contributed by atoms with van der Waals surface area (Å²) < 4.78 is 24.2. The second-order valence-electron chi connectivity index (χ2n) is 7.85. The third-order valence-corrected chi connectivity index (χ3v) is 5.86. The number of hydrogen-bond donors (Lipinski definition) is 1. The van der Waals surface area contributed by atoms with E-state index in [0.29, 0.717) is 36.0 Å². The number of nitrogens with zero attached hydrogens (tertiary/aromatic N) is 3. The van der Waals surface area contributed by atoms with Gasteiger partial charge in [-0.3, -0.25) is 9.78 Å². The van der Waals surface area contributed by atoms with Gasteiger partial charge in [-0.15, -0.1) is 0 Å². The van der Waals surface area contributed by atoms with Gasteiger partial charge >= 0.3 is 6.01 Å². The number of fused-ring (bicyclic) bond motifs is 1. The van der Waals surface area contributed by atoms with Crippen molar-refractivity contribution in [2.75, 3.05) is 13.7 Å². The lowest BCUT2D eigenvalue weighted by molar-refractivity contribution is 0.0883. The number of benzene rings is 2. The number of aromatic nitrogens is 3. The van der Waals surface area contributed by atoms with E-state index in [1.165, 1.54) is 31.4 Å². The second kappa shape index (κ2) is 8.90. The SMILES string of the molecule is COc1ncc(-c2ccc(C3(NC(=O)c4ccc(F)cc4)CCOc4cccnc43)cc2)cn1. The number of ether oxygens (including phenoxy) is 2. The fourth-order valence-corrected chi connectivity index (χ4v) is 4.12. The molecule has 1 aliphatic rings. The summed E-state index contributed by atoms with van der Waals surface area (Å²) in [5, 5.41) is 3.17. The minimum atomic E-state index is -0.921. The van der Waals surface area contributed by atoms with Crippen molar-refractivity contribution >= 4 is 5.91 Å². The summed E-state index contributed by atoms with van der Waals surface area (Å²) in [7, 11) is 1.52. The average molecular weight is 456 g/mol. The first-order valence-corrected chi connectivity index (χ1v) is 10.7. The van der Waals surface area contributed by atoms with Crippen molar-refractivity contribution in [3.05, 3.63) is 102 Å². The van der Waals surface area contributed by atoms with Crippen molar-refractivity contribution in [3.8, 4) is 22.9 Å². The minimum absolute atomic E-state index is 0.299. The molecule has 4 aromatic rings. The van der Waals surface area contributed by atoms with Gasteiger partial charge in [0.15, 0.2) is 0 Å². The number of hydrogen-bond acceptors (Lipinski definition) is 6. The van der Waals surface area contributed by atoms with Gasteiger partial charge in [0.25, 0.3) is 5.91 Å². The lowest BCUT2D eigenvalue weighted by Gasteiger charge is -2.39. The quantitative estimate of drug-likeness (QED) is 0.486. The molecule has 7 nitrogen and oxygen atoms in total. The van der Waals surface area contributed by atoms with E-state index in [0.717, 1.165) is 16.7 Å². The van der Waals surface area contributed by atoms with Crippen molar-refractivity contribution in [3.63, 3.8) is 0 Å². The van der Waals surface area contributed by atoms with Crippen molar-refractivity contribution in [2.45, 2.75) is 12.0 Å². The van der Waals surface area contributed by atoms with Crippen molar-refractivity contribution < 1.29 is 18.7 Å². The molecule has 0 spiro atoms. The second-order valence-corrected chi connectivity index (χ2v) is 7.85. The van der Waals surface area contributed by atoms with Crippen LogP contribution >= 0.6 is 0 Å². The molecule has 0 fully saturated rings. The van der Waals surface area contributed by atoms with Gasteiger partial charge in [-0.1, -0.05) is 24.3 Å². The fraction of sp³-hybridized carbons (Fsp3) is 0.154. The van der Waals surface area contributed by atoms with Crippen LogP contribution in [0.1, 0.15) is 28.0 Å². The van der Waals surface area contributed by atoms with Crippen LogP contribution in [0.4, 0.5) is 4.39 Å². The molecule has 2 aromatic carbocycles. The molecule has 1 N–H and O–H groups in total. The lowest BCUT2D eigenvalue weighted by Crippen LogP contribution is -2.50. The van der Waals surface area contributed by atoms with Gasteiger partial charge in [0, 0.05) is 36.1 Å². The molecule has 1 amide bonds. The molecule has 170 valence electrons. The zero-order valence-corrected chi connectivity index (χ0v) is 18.4. The Morgan fingerprint density at radius 3 is 2.44 bits per heavy atom. The summed E-state index contributed by atoms with van der Waals surface area (Å²) in [6.45, 7) is 0.399.